The van der Waals surface area contributed by atoms with Gasteiger partial charge < -0.3 is 14.8 Å². The van der Waals surface area contributed by atoms with Gasteiger partial charge in [0.25, 0.3) is 0 Å². The van der Waals surface area contributed by atoms with Crippen molar-refractivity contribution in [3.05, 3.63) is 52.9 Å². The van der Waals surface area contributed by atoms with Crippen molar-refractivity contribution in [3.8, 4) is 17.4 Å². The van der Waals surface area contributed by atoms with E-state index in [2.05, 4.69) is 23.3 Å². The number of nitrogens with one attached hydrogen (secondary N) is 1. The molecule has 7 nitrogen and oxygen atoms in total. The van der Waals surface area contributed by atoms with Crippen LogP contribution in [0.4, 0.5) is 5.82 Å². The second-order valence-corrected chi connectivity index (χ2v) is 7.95. The average Bonchev–Trinajstić information content (AvgIpc) is 3.37. The van der Waals surface area contributed by atoms with Gasteiger partial charge in [-0.05, 0) is 37.1 Å². The van der Waals surface area contributed by atoms with Crippen LogP contribution in [0.5, 0.6) is 11.5 Å². The second-order valence-electron chi connectivity index (χ2n) is 6.83. The van der Waals surface area contributed by atoms with Crippen molar-refractivity contribution in [3.63, 3.8) is 0 Å². The SMILES string of the molecule is CCc1cc2c(NCc3ccc4c(c3)OCCO4)nc(-n3ccnc3C)nc2s1. The predicted octanol–water partition coefficient (Wildman–Crippen LogP) is 4.13. The first-order valence-corrected chi connectivity index (χ1v) is 10.5. The van der Waals surface area contributed by atoms with E-state index in [1.54, 1.807) is 17.5 Å². The molecule has 1 aromatic carbocycles. The summed E-state index contributed by atoms with van der Waals surface area (Å²) >= 11 is 1.71. The first kappa shape index (κ1) is 17.9. The quantitative estimate of drug-likeness (QED) is 0.536. The van der Waals surface area contributed by atoms with Crippen LogP contribution in [0.15, 0.2) is 36.7 Å². The van der Waals surface area contributed by atoms with Crippen molar-refractivity contribution in [2.24, 2.45) is 0 Å². The summed E-state index contributed by atoms with van der Waals surface area (Å²) in [6.07, 6.45) is 4.62. The monoisotopic (exact) mass is 407 g/mol. The van der Waals surface area contributed by atoms with Crippen molar-refractivity contribution in [1.82, 2.24) is 19.5 Å². The zero-order valence-corrected chi connectivity index (χ0v) is 17.1. The van der Waals surface area contributed by atoms with Gasteiger partial charge in [0.1, 0.15) is 29.7 Å². The summed E-state index contributed by atoms with van der Waals surface area (Å²) in [5.41, 5.74) is 1.10. The summed E-state index contributed by atoms with van der Waals surface area (Å²) in [6, 6.07) is 8.20. The Kier molecular flexibility index (Phi) is 4.55. The zero-order chi connectivity index (χ0) is 19.8. The Labute approximate surface area is 172 Å². The number of benzene rings is 1. The lowest BCUT2D eigenvalue weighted by Gasteiger charge is -2.19. The standard InChI is InChI=1S/C21H21N5O2S/c1-3-15-11-16-19(23-12-14-4-5-17-18(10-14)28-9-8-27-17)24-21(25-20(16)29-15)26-7-6-22-13(26)2/h4-7,10-11H,3,8-9,12H2,1-2H3,(H,23,24,25). The van der Waals surface area contributed by atoms with E-state index in [1.165, 1.54) is 4.88 Å². The minimum atomic E-state index is 0.582. The van der Waals surface area contributed by atoms with Crippen molar-refractivity contribution >= 4 is 27.4 Å². The van der Waals surface area contributed by atoms with Gasteiger partial charge in [-0.25, -0.2) is 9.97 Å². The molecular weight excluding hydrogens is 386 g/mol. The molecule has 0 aliphatic carbocycles. The van der Waals surface area contributed by atoms with Crippen molar-refractivity contribution in [2.75, 3.05) is 18.5 Å². The first-order chi connectivity index (χ1) is 14.2. The van der Waals surface area contributed by atoms with E-state index in [0.717, 1.165) is 45.3 Å². The fraction of sp³-hybridized carbons (Fsp3) is 0.286. The molecule has 1 aliphatic heterocycles. The third kappa shape index (κ3) is 3.40. The van der Waals surface area contributed by atoms with Gasteiger partial charge in [0, 0.05) is 23.8 Å². The van der Waals surface area contributed by atoms with E-state index in [4.69, 9.17) is 19.4 Å². The molecule has 0 unspecified atom stereocenters. The van der Waals surface area contributed by atoms with E-state index >= 15 is 0 Å². The highest BCUT2D eigenvalue weighted by molar-refractivity contribution is 7.18. The molecule has 1 aliphatic rings. The van der Waals surface area contributed by atoms with Crippen molar-refractivity contribution in [1.29, 1.82) is 0 Å². The van der Waals surface area contributed by atoms with Gasteiger partial charge in [-0.15, -0.1) is 11.3 Å². The van der Waals surface area contributed by atoms with Crippen LogP contribution in [0, 0.1) is 6.92 Å². The van der Waals surface area contributed by atoms with Gasteiger partial charge in [0.2, 0.25) is 5.95 Å². The van der Waals surface area contributed by atoms with E-state index in [-0.39, 0.29) is 0 Å². The molecule has 0 amide bonds. The number of aryl methyl sites for hydroxylation is 2. The van der Waals surface area contributed by atoms with Crippen LogP contribution < -0.4 is 14.8 Å². The van der Waals surface area contributed by atoms with E-state index < -0.39 is 0 Å². The molecule has 1 N–H and O–H groups in total. The van der Waals surface area contributed by atoms with Gasteiger partial charge in [-0.1, -0.05) is 13.0 Å². The highest BCUT2D eigenvalue weighted by Gasteiger charge is 2.15. The molecule has 4 heterocycles. The van der Waals surface area contributed by atoms with Crippen molar-refractivity contribution < 1.29 is 9.47 Å². The maximum absolute atomic E-state index is 5.70. The molecule has 0 radical (unpaired) electrons. The third-order valence-corrected chi connectivity index (χ3v) is 6.06. The van der Waals surface area contributed by atoms with Crippen LogP contribution in [0.3, 0.4) is 0 Å². The lowest BCUT2D eigenvalue weighted by Crippen LogP contribution is -2.15. The molecule has 29 heavy (non-hydrogen) atoms. The lowest BCUT2D eigenvalue weighted by atomic mass is 10.2. The number of aromatic nitrogens is 4. The van der Waals surface area contributed by atoms with Gasteiger partial charge in [-0.3, -0.25) is 4.57 Å². The number of hydrogen-bond acceptors (Lipinski definition) is 7. The fourth-order valence-electron chi connectivity index (χ4n) is 3.35. The minimum absolute atomic E-state index is 0.582. The van der Waals surface area contributed by atoms with Crippen LogP contribution in [0.1, 0.15) is 23.2 Å². The van der Waals surface area contributed by atoms with Crippen LogP contribution in [-0.2, 0) is 13.0 Å². The maximum atomic E-state index is 5.70. The Balaban J connectivity index is 1.49. The summed E-state index contributed by atoms with van der Waals surface area (Å²) in [4.78, 5) is 16.1. The van der Waals surface area contributed by atoms with Gasteiger partial charge in [0.15, 0.2) is 11.5 Å². The third-order valence-electron chi connectivity index (χ3n) is 4.89. The smallest absolute Gasteiger partial charge is 0.238 e. The summed E-state index contributed by atoms with van der Waals surface area (Å²) in [5, 5.41) is 4.54. The van der Waals surface area contributed by atoms with Crippen LogP contribution >= 0.6 is 11.3 Å². The lowest BCUT2D eigenvalue weighted by molar-refractivity contribution is 0.171. The number of fused-ring (bicyclic) bond motifs is 2. The molecule has 8 heteroatoms. The van der Waals surface area contributed by atoms with Crippen LogP contribution in [0.25, 0.3) is 16.2 Å². The van der Waals surface area contributed by atoms with E-state index in [9.17, 15) is 0 Å². The molecule has 3 aromatic heterocycles. The largest absolute Gasteiger partial charge is 0.486 e. The molecule has 148 valence electrons. The van der Waals surface area contributed by atoms with Gasteiger partial charge in [-0.2, -0.15) is 4.98 Å². The van der Waals surface area contributed by atoms with E-state index in [0.29, 0.717) is 25.7 Å². The van der Waals surface area contributed by atoms with Crippen LogP contribution in [-0.4, -0.2) is 32.7 Å². The Morgan fingerprint density at radius 3 is 2.79 bits per heavy atom. The summed E-state index contributed by atoms with van der Waals surface area (Å²) in [7, 11) is 0. The maximum Gasteiger partial charge on any atom is 0.238 e. The second kappa shape index (κ2) is 7.36. The summed E-state index contributed by atoms with van der Waals surface area (Å²) in [6.45, 7) is 5.90. The number of rotatable bonds is 5. The van der Waals surface area contributed by atoms with Crippen molar-refractivity contribution in [2.45, 2.75) is 26.8 Å². The molecular formula is C21H21N5O2S. The Morgan fingerprint density at radius 2 is 2.00 bits per heavy atom. The normalized spacial score (nSPS) is 13.0. The Morgan fingerprint density at radius 1 is 1.14 bits per heavy atom. The highest BCUT2D eigenvalue weighted by atomic mass is 32.1. The number of ether oxygens (including phenoxy) is 2. The molecule has 0 saturated heterocycles. The minimum Gasteiger partial charge on any atom is -0.486 e. The Hall–Kier alpha value is -3.13. The van der Waals surface area contributed by atoms with Gasteiger partial charge >= 0.3 is 0 Å². The molecule has 0 spiro atoms. The zero-order valence-electron chi connectivity index (χ0n) is 16.3. The summed E-state index contributed by atoms with van der Waals surface area (Å²) in [5.74, 6) is 3.90. The Bertz CT molecular complexity index is 1180. The highest BCUT2D eigenvalue weighted by Crippen LogP contribution is 2.33. The molecule has 0 bridgehead atoms. The fourth-order valence-corrected chi connectivity index (χ4v) is 4.31. The molecule has 5 rings (SSSR count). The molecule has 4 aromatic rings. The first-order valence-electron chi connectivity index (χ1n) is 9.64. The van der Waals surface area contributed by atoms with Gasteiger partial charge in [0.05, 0.1) is 5.39 Å². The number of hydrogen-bond donors (Lipinski definition) is 1. The topological polar surface area (TPSA) is 74.1 Å². The predicted molar refractivity (Wildman–Crippen MR) is 113 cm³/mol. The molecule has 0 fully saturated rings. The number of imidazole rings is 1. The number of thiophene rings is 1. The number of anilines is 1. The van der Waals surface area contributed by atoms with Crippen LogP contribution in [0.2, 0.25) is 0 Å². The molecule has 0 saturated carbocycles. The van der Waals surface area contributed by atoms with E-state index in [1.807, 2.05) is 35.9 Å². The average molecular weight is 407 g/mol. The summed E-state index contributed by atoms with van der Waals surface area (Å²) < 4.78 is 13.2. The molecule has 0 atom stereocenters. The number of nitrogens with zero attached hydrogens (tertiary/aromatic N) is 4.